The molecule has 2 amide bonds. The molecule has 142 valence electrons. The first-order valence-corrected chi connectivity index (χ1v) is 11.2. The van der Waals surface area contributed by atoms with Gasteiger partial charge in [-0.1, -0.05) is 6.07 Å². The van der Waals surface area contributed by atoms with Crippen LogP contribution in [0.5, 0.6) is 0 Å². The normalized spacial score (nSPS) is 21.7. The number of carbonyl (C=O) groups is 1. The summed E-state index contributed by atoms with van der Waals surface area (Å²) in [7, 11) is -3.48. The molecule has 1 aromatic rings. The van der Waals surface area contributed by atoms with Crippen LogP contribution >= 0.6 is 0 Å². The molecule has 1 aromatic carbocycles. The second-order valence-electron chi connectivity index (χ2n) is 7.51. The van der Waals surface area contributed by atoms with Gasteiger partial charge in [-0.25, -0.2) is 13.2 Å². The van der Waals surface area contributed by atoms with E-state index in [2.05, 4.69) is 0 Å². The Bertz CT molecular complexity index is 779. The van der Waals surface area contributed by atoms with Gasteiger partial charge < -0.3 is 9.80 Å². The molecule has 26 heavy (non-hydrogen) atoms. The molecule has 0 aromatic heterocycles. The van der Waals surface area contributed by atoms with Gasteiger partial charge in [0.05, 0.1) is 4.90 Å². The van der Waals surface area contributed by atoms with Crippen molar-refractivity contribution in [2.45, 2.75) is 43.4 Å². The number of aryl methyl sites for hydroxylation is 2. The summed E-state index contributed by atoms with van der Waals surface area (Å²) >= 11 is 0. The molecule has 0 atom stereocenters. The molecule has 7 heteroatoms. The number of rotatable bonds is 2. The molecule has 0 spiro atoms. The third kappa shape index (κ3) is 3.34. The Kier molecular flexibility index (Phi) is 4.92. The summed E-state index contributed by atoms with van der Waals surface area (Å²) in [4.78, 5) is 16.5. The van der Waals surface area contributed by atoms with Gasteiger partial charge in [-0.05, 0) is 61.8 Å². The van der Waals surface area contributed by atoms with Gasteiger partial charge in [0.1, 0.15) is 0 Å². The minimum absolute atomic E-state index is 0.0633. The number of nitrogens with zero attached hydrogens (tertiary/aromatic N) is 3. The number of benzene rings is 1. The summed E-state index contributed by atoms with van der Waals surface area (Å²) in [6.07, 6.45) is 6.47. The molecule has 4 rings (SSSR count). The smallest absolute Gasteiger partial charge is 0.320 e. The molecule has 2 heterocycles. The molecule has 0 saturated carbocycles. The summed E-state index contributed by atoms with van der Waals surface area (Å²) in [6.45, 7) is 3.34. The maximum atomic E-state index is 13.0. The molecule has 0 N–H and O–H groups in total. The Morgan fingerprint density at radius 3 is 2.08 bits per heavy atom. The van der Waals surface area contributed by atoms with Crippen molar-refractivity contribution in [2.75, 3.05) is 39.3 Å². The largest absolute Gasteiger partial charge is 0.325 e. The fourth-order valence-corrected chi connectivity index (χ4v) is 5.72. The quantitative estimate of drug-likeness (QED) is 0.793. The topological polar surface area (TPSA) is 60.9 Å². The molecule has 0 radical (unpaired) electrons. The second-order valence-corrected chi connectivity index (χ2v) is 9.44. The van der Waals surface area contributed by atoms with E-state index in [1.54, 1.807) is 11.0 Å². The highest BCUT2D eigenvalue weighted by Crippen LogP contribution is 2.26. The lowest BCUT2D eigenvalue weighted by Crippen LogP contribution is -2.53. The molecule has 6 nitrogen and oxygen atoms in total. The molecular formula is C19H27N3O3S. The van der Waals surface area contributed by atoms with Crippen molar-refractivity contribution in [3.63, 3.8) is 0 Å². The van der Waals surface area contributed by atoms with E-state index in [1.807, 2.05) is 17.0 Å². The number of amides is 2. The highest BCUT2D eigenvalue weighted by atomic mass is 32.2. The predicted octanol–water partition coefficient (Wildman–Crippen LogP) is 2.09. The van der Waals surface area contributed by atoms with E-state index in [0.29, 0.717) is 31.1 Å². The zero-order chi connectivity index (χ0) is 18.1. The van der Waals surface area contributed by atoms with Gasteiger partial charge in [0.25, 0.3) is 0 Å². The van der Waals surface area contributed by atoms with E-state index >= 15 is 0 Å². The molecule has 2 saturated heterocycles. The van der Waals surface area contributed by atoms with Crippen molar-refractivity contribution < 1.29 is 13.2 Å². The van der Waals surface area contributed by atoms with Crippen LogP contribution in [0.4, 0.5) is 4.79 Å². The Morgan fingerprint density at radius 1 is 0.769 bits per heavy atom. The average molecular weight is 378 g/mol. The standard InChI is InChI=1S/C19H27N3O3S/c23-19(20-9-3-4-10-20)21-11-13-22(14-12-21)26(24,25)18-8-7-16-5-1-2-6-17(16)15-18/h7-8,15H,1-6,9-14H2. The fourth-order valence-electron chi connectivity index (χ4n) is 4.25. The molecule has 2 fully saturated rings. The number of carbonyl (C=O) groups excluding carboxylic acids is 1. The lowest BCUT2D eigenvalue weighted by Gasteiger charge is -2.36. The number of likely N-dealkylation sites (tertiary alicyclic amines) is 1. The first-order chi connectivity index (χ1) is 12.6. The Labute approximate surface area is 155 Å². The molecule has 1 aliphatic carbocycles. The number of hydrogen-bond acceptors (Lipinski definition) is 3. The van der Waals surface area contributed by atoms with Crippen LogP contribution in [0.15, 0.2) is 23.1 Å². The van der Waals surface area contributed by atoms with Gasteiger partial charge in [-0.2, -0.15) is 4.31 Å². The Balaban J connectivity index is 1.44. The number of fused-ring (bicyclic) bond motifs is 1. The molecule has 0 unspecified atom stereocenters. The van der Waals surface area contributed by atoms with Crippen LogP contribution in [-0.4, -0.2) is 67.8 Å². The van der Waals surface area contributed by atoms with E-state index in [0.717, 1.165) is 45.2 Å². The van der Waals surface area contributed by atoms with Crippen LogP contribution in [-0.2, 0) is 22.9 Å². The predicted molar refractivity (Wildman–Crippen MR) is 99.6 cm³/mol. The van der Waals surface area contributed by atoms with Crippen molar-refractivity contribution >= 4 is 16.1 Å². The van der Waals surface area contributed by atoms with Crippen molar-refractivity contribution in [2.24, 2.45) is 0 Å². The van der Waals surface area contributed by atoms with Gasteiger partial charge in [0.2, 0.25) is 10.0 Å². The lowest BCUT2D eigenvalue weighted by atomic mass is 9.92. The van der Waals surface area contributed by atoms with Crippen molar-refractivity contribution in [1.82, 2.24) is 14.1 Å². The molecule has 0 bridgehead atoms. The summed E-state index contributed by atoms with van der Waals surface area (Å²) < 4.78 is 27.6. The zero-order valence-corrected chi connectivity index (χ0v) is 16.0. The monoisotopic (exact) mass is 377 g/mol. The number of urea groups is 1. The Hall–Kier alpha value is -1.60. The van der Waals surface area contributed by atoms with Crippen LogP contribution in [0.2, 0.25) is 0 Å². The van der Waals surface area contributed by atoms with Crippen LogP contribution in [0.1, 0.15) is 36.8 Å². The minimum atomic E-state index is -3.48. The molecule has 2 aliphatic heterocycles. The van der Waals surface area contributed by atoms with E-state index in [9.17, 15) is 13.2 Å². The minimum Gasteiger partial charge on any atom is -0.325 e. The van der Waals surface area contributed by atoms with Crippen LogP contribution in [0.25, 0.3) is 0 Å². The third-order valence-electron chi connectivity index (χ3n) is 5.84. The van der Waals surface area contributed by atoms with Gasteiger partial charge in [0.15, 0.2) is 0 Å². The average Bonchev–Trinajstić information content (AvgIpc) is 3.22. The SMILES string of the molecule is O=C(N1CCCC1)N1CCN(S(=O)(=O)c2ccc3c(c2)CCCC3)CC1. The maximum absolute atomic E-state index is 13.0. The van der Waals surface area contributed by atoms with Crippen molar-refractivity contribution in [1.29, 1.82) is 0 Å². The summed E-state index contributed by atoms with van der Waals surface area (Å²) in [5, 5.41) is 0. The second kappa shape index (κ2) is 7.19. The van der Waals surface area contributed by atoms with Gasteiger partial charge in [0, 0.05) is 39.3 Å². The number of hydrogen-bond donors (Lipinski definition) is 0. The Morgan fingerprint density at radius 2 is 1.38 bits per heavy atom. The van der Waals surface area contributed by atoms with E-state index in [1.165, 1.54) is 21.9 Å². The molecular weight excluding hydrogens is 350 g/mol. The van der Waals surface area contributed by atoms with Crippen molar-refractivity contribution in [3.05, 3.63) is 29.3 Å². The summed E-state index contributed by atoms with van der Waals surface area (Å²) in [5.74, 6) is 0. The summed E-state index contributed by atoms with van der Waals surface area (Å²) in [6, 6.07) is 5.66. The first kappa shape index (κ1) is 17.8. The van der Waals surface area contributed by atoms with E-state index in [4.69, 9.17) is 0 Å². The highest BCUT2D eigenvalue weighted by molar-refractivity contribution is 7.89. The van der Waals surface area contributed by atoms with Crippen LogP contribution in [0, 0.1) is 0 Å². The van der Waals surface area contributed by atoms with Crippen LogP contribution in [0.3, 0.4) is 0 Å². The maximum Gasteiger partial charge on any atom is 0.320 e. The first-order valence-electron chi connectivity index (χ1n) is 9.71. The van der Waals surface area contributed by atoms with Crippen molar-refractivity contribution in [3.8, 4) is 0 Å². The summed E-state index contributed by atoms with van der Waals surface area (Å²) in [5.41, 5.74) is 2.47. The van der Waals surface area contributed by atoms with Gasteiger partial charge >= 0.3 is 6.03 Å². The third-order valence-corrected chi connectivity index (χ3v) is 7.74. The van der Waals surface area contributed by atoms with Gasteiger partial charge in [-0.15, -0.1) is 0 Å². The highest BCUT2D eigenvalue weighted by Gasteiger charge is 2.32. The number of sulfonamides is 1. The van der Waals surface area contributed by atoms with E-state index < -0.39 is 10.0 Å². The van der Waals surface area contributed by atoms with Crippen LogP contribution < -0.4 is 0 Å². The lowest BCUT2D eigenvalue weighted by molar-refractivity contribution is 0.142. The number of piperazine rings is 1. The fraction of sp³-hybridized carbons (Fsp3) is 0.632. The van der Waals surface area contributed by atoms with E-state index in [-0.39, 0.29) is 6.03 Å². The zero-order valence-electron chi connectivity index (χ0n) is 15.2. The van der Waals surface area contributed by atoms with Gasteiger partial charge in [-0.3, -0.25) is 0 Å². The molecule has 3 aliphatic rings.